The van der Waals surface area contributed by atoms with Gasteiger partial charge in [0.25, 0.3) is 0 Å². The van der Waals surface area contributed by atoms with E-state index in [-0.39, 0.29) is 23.5 Å². The molecule has 0 aliphatic carbocycles. The molecule has 10 heteroatoms. The Balaban J connectivity index is 1.44. The first-order valence-electron chi connectivity index (χ1n) is 8.57. The van der Waals surface area contributed by atoms with Gasteiger partial charge >= 0.3 is 0 Å². The van der Waals surface area contributed by atoms with Crippen LogP contribution in [0.3, 0.4) is 0 Å². The molecule has 3 aromatic heterocycles. The summed E-state index contributed by atoms with van der Waals surface area (Å²) in [6.07, 6.45) is 0. The summed E-state index contributed by atoms with van der Waals surface area (Å²) >= 11 is 4.26. The van der Waals surface area contributed by atoms with E-state index in [2.05, 4.69) is 15.5 Å². The molecule has 29 heavy (non-hydrogen) atoms. The van der Waals surface area contributed by atoms with E-state index in [0.717, 1.165) is 15.3 Å². The fraction of sp³-hybridized carbons (Fsp3) is 0.105. The standard InChI is InChI=1S/C19H16FN5OS3/c20-13-7-5-12(6-8-13)17(14-3-1-9-27-14)22-16(26)11-29-19-24-23-18(25(19)21)15-4-2-10-28-15/h1-10,17H,11,21H2,(H,22,26). The SMILES string of the molecule is Nn1c(SCC(=O)NC(c2ccc(F)cc2)c2cccs2)nnc1-c1cccs1. The summed E-state index contributed by atoms with van der Waals surface area (Å²) in [5.41, 5.74) is 0.814. The van der Waals surface area contributed by atoms with E-state index in [0.29, 0.717) is 11.0 Å². The molecule has 3 N–H and O–H groups in total. The molecule has 1 amide bonds. The Morgan fingerprint density at radius 3 is 2.59 bits per heavy atom. The van der Waals surface area contributed by atoms with Crippen molar-refractivity contribution in [3.8, 4) is 10.7 Å². The van der Waals surface area contributed by atoms with Crippen LogP contribution in [0.2, 0.25) is 0 Å². The van der Waals surface area contributed by atoms with Crippen molar-refractivity contribution in [1.82, 2.24) is 20.2 Å². The van der Waals surface area contributed by atoms with E-state index in [1.165, 1.54) is 51.2 Å². The Morgan fingerprint density at radius 1 is 1.14 bits per heavy atom. The molecule has 0 fully saturated rings. The van der Waals surface area contributed by atoms with Crippen molar-refractivity contribution >= 4 is 40.3 Å². The first-order chi connectivity index (χ1) is 14.1. The maximum absolute atomic E-state index is 13.3. The second-order valence-electron chi connectivity index (χ2n) is 6.01. The molecule has 4 aromatic rings. The minimum absolute atomic E-state index is 0.128. The van der Waals surface area contributed by atoms with Crippen LogP contribution in [0.1, 0.15) is 16.5 Å². The first-order valence-corrected chi connectivity index (χ1v) is 11.3. The lowest BCUT2D eigenvalue weighted by Gasteiger charge is -2.18. The average Bonchev–Trinajstić information content (AvgIpc) is 3.48. The quantitative estimate of drug-likeness (QED) is 0.333. The second kappa shape index (κ2) is 8.76. The van der Waals surface area contributed by atoms with E-state index in [1.807, 2.05) is 35.0 Å². The molecule has 0 bridgehead atoms. The summed E-state index contributed by atoms with van der Waals surface area (Å²) < 4.78 is 14.7. The summed E-state index contributed by atoms with van der Waals surface area (Å²) in [5, 5.41) is 15.5. The zero-order chi connectivity index (χ0) is 20.2. The van der Waals surface area contributed by atoms with Crippen molar-refractivity contribution in [2.24, 2.45) is 0 Å². The van der Waals surface area contributed by atoms with E-state index in [1.54, 1.807) is 12.1 Å². The maximum atomic E-state index is 13.3. The highest BCUT2D eigenvalue weighted by atomic mass is 32.2. The van der Waals surface area contributed by atoms with Gasteiger partial charge in [-0.15, -0.1) is 32.9 Å². The molecule has 148 valence electrons. The smallest absolute Gasteiger partial charge is 0.231 e. The van der Waals surface area contributed by atoms with Crippen LogP contribution < -0.4 is 11.2 Å². The molecular weight excluding hydrogens is 429 g/mol. The number of carbonyl (C=O) groups excluding carboxylic acids is 1. The predicted molar refractivity (Wildman–Crippen MR) is 115 cm³/mol. The van der Waals surface area contributed by atoms with Crippen LogP contribution in [-0.4, -0.2) is 26.5 Å². The van der Waals surface area contributed by atoms with Crippen LogP contribution in [0.4, 0.5) is 4.39 Å². The van der Waals surface area contributed by atoms with Gasteiger partial charge in [0.15, 0.2) is 5.82 Å². The number of nitrogen functional groups attached to an aromatic ring is 1. The monoisotopic (exact) mass is 445 g/mol. The summed E-state index contributed by atoms with van der Waals surface area (Å²) in [6.45, 7) is 0. The number of amides is 1. The Kier molecular flexibility index (Phi) is 5.93. The number of nitrogens with one attached hydrogen (secondary N) is 1. The fourth-order valence-electron chi connectivity index (χ4n) is 2.71. The van der Waals surface area contributed by atoms with Crippen molar-refractivity contribution in [3.63, 3.8) is 0 Å². The van der Waals surface area contributed by atoms with Crippen molar-refractivity contribution in [1.29, 1.82) is 0 Å². The number of aromatic nitrogens is 3. The van der Waals surface area contributed by atoms with Crippen LogP contribution in [0.15, 0.2) is 64.4 Å². The second-order valence-corrected chi connectivity index (χ2v) is 8.88. The molecule has 1 atom stereocenters. The summed E-state index contributed by atoms with van der Waals surface area (Å²) in [5.74, 6) is 6.27. The lowest BCUT2D eigenvalue weighted by atomic mass is 10.1. The lowest BCUT2D eigenvalue weighted by Crippen LogP contribution is -2.30. The van der Waals surface area contributed by atoms with Gasteiger partial charge in [0.2, 0.25) is 11.1 Å². The molecule has 0 aliphatic heterocycles. The minimum atomic E-state index is -0.346. The number of rotatable bonds is 7. The van der Waals surface area contributed by atoms with Crippen molar-refractivity contribution < 1.29 is 9.18 Å². The third kappa shape index (κ3) is 4.50. The van der Waals surface area contributed by atoms with Crippen molar-refractivity contribution in [2.45, 2.75) is 11.2 Å². The van der Waals surface area contributed by atoms with Crippen LogP contribution in [-0.2, 0) is 4.79 Å². The molecular formula is C19H16FN5OS3. The Bertz CT molecular complexity index is 1080. The molecule has 4 rings (SSSR count). The molecule has 3 heterocycles. The molecule has 0 saturated heterocycles. The molecule has 0 aliphatic rings. The largest absolute Gasteiger partial charge is 0.344 e. The number of halogens is 1. The molecule has 0 saturated carbocycles. The van der Waals surface area contributed by atoms with Gasteiger partial charge in [0.05, 0.1) is 16.7 Å². The van der Waals surface area contributed by atoms with Gasteiger partial charge in [-0.3, -0.25) is 4.79 Å². The van der Waals surface area contributed by atoms with E-state index in [4.69, 9.17) is 5.84 Å². The Hall–Kier alpha value is -2.69. The Labute approximate surface area is 178 Å². The zero-order valence-corrected chi connectivity index (χ0v) is 17.4. The van der Waals surface area contributed by atoms with Crippen LogP contribution in [0.25, 0.3) is 10.7 Å². The molecule has 0 radical (unpaired) electrons. The van der Waals surface area contributed by atoms with Gasteiger partial charge in [-0.25, -0.2) is 9.07 Å². The number of carbonyl (C=O) groups is 1. The normalized spacial score (nSPS) is 12.0. The third-order valence-corrected chi connectivity index (χ3v) is 6.82. The minimum Gasteiger partial charge on any atom is -0.344 e. The first kappa shape index (κ1) is 19.6. The number of hydrogen-bond acceptors (Lipinski definition) is 7. The fourth-order valence-corrected chi connectivity index (χ4v) is 4.89. The van der Waals surface area contributed by atoms with Gasteiger partial charge in [0, 0.05) is 4.88 Å². The summed E-state index contributed by atoms with van der Waals surface area (Å²) in [7, 11) is 0. The number of nitrogens with zero attached hydrogens (tertiary/aromatic N) is 3. The van der Waals surface area contributed by atoms with Crippen LogP contribution in [0.5, 0.6) is 0 Å². The summed E-state index contributed by atoms with van der Waals surface area (Å²) in [6, 6.07) is 13.5. The molecule has 1 unspecified atom stereocenters. The van der Waals surface area contributed by atoms with Gasteiger partial charge in [0.1, 0.15) is 5.82 Å². The molecule has 6 nitrogen and oxygen atoms in total. The zero-order valence-electron chi connectivity index (χ0n) is 15.0. The van der Waals surface area contributed by atoms with Gasteiger partial charge in [-0.05, 0) is 40.6 Å². The highest BCUT2D eigenvalue weighted by Gasteiger charge is 2.19. The van der Waals surface area contributed by atoms with E-state index >= 15 is 0 Å². The maximum Gasteiger partial charge on any atom is 0.231 e. The van der Waals surface area contributed by atoms with E-state index < -0.39 is 0 Å². The van der Waals surface area contributed by atoms with Crippen molar-refractivity contribution in [3.05, 3.63) is 75.5 Å². The van der Waals surface area contributed by atoms with Gasteiger partial charge in [-0.1, -0.05) is 36.0 Å². The van der Waals surface area contributed by atoms with Gasteiger partial charge in [-0.2, -0.15) is 0 Å². The predicted octanol–water partition coefficient (Wildman–Crippen LogP) is 3.92. The van der Waals surface area contributed by atoms with Crippen LogP contribution >= 0.6 is 34.4 Å². The lowest BCUT2D eigenvalue weighted by molar-refractivity contribution is -0.119. The Morgan fingerprint density at radius 2 is 1.90 bits per heavy atom. The number of thioether (sulfide) groups is 1. The number of thiophene rings is 2. The number of benzene rings is 1. The van der Waals surface area contributed by atoms with Gasteiger partial charge < -0.3 is 11.2 Å². The highest BCUT2D eigenvalue weighted by Crippen LogP contribution is 2.28. The molecule has 0 spiro atoms. The molecule has 1 aromatic carbocycles. The average molecular weight is 446 g/mol. The number of hydrogen-bond donors (Lipinski definition) is 2. The number of nitrogens with two attached hydrogens (primary N) is 1. The summed E-state index contributed by atoms with van der Waals surface area (Å²) in [4.78, 5) is 14.5. The van der Waals surface area contributed by atoms with E-state index in [9.17, 15) is 9.18 Å². The van der Waals surface area contributed by atoms with Crippen LogP contribution in [0, 0.1) is 5.82 Å². The highest BCUT2D eigenvalue weighted by molar-refractivity contribution is 7.99. The van der Waals surface area contributed by atoms with Crippen molar-refractivity contribution in [2.75, 3.05) is 11.6 Å². The topological polar surface area (TPSA) is 85.8 Å². The third-order valence-electron chi connectivity index (χ3n) is 4.07.